The summed E-state index contributed by atoms with van der Waals surface area (Å²) >= 11 is 3.38. The summed E-state index contributed by atoms with van der Waals surface area (Å²) in [5.41, 5.74) is 1.59. The molecule has 8 heteroatoms. The molecule has 0 aliphatic carbocycles. The Morgan fingerprint density at radius 1 is 1.15 bits per heavy atom. The molecule has 2 amide bonds. The zero-order valence-electron chi connectivity index (χ0n) is 14.2. The van der Waals surface area contributed by atoms with Gasteiger partial charge >= 0.3 is 5.97 Å². The maximum Gasteiger partial charge on any atom is 0.306 e. The average molecular weight is 423 g/mol. The molecule has 0 aliphatic rings. The first-order valence-electron chi connectivity index (χ1n) is 7.95. The smallest absolute Gasteiger partial charge is 0.306 e. The van der Waals surface area contributed by atoms with Crippen LogP contribution in [0.5, 0.6) is 0 Å². The van der Waals surface area contributed by atoms with Gasteiger partial charge in [-0.15, -0.1) is 0 Å². The predicted octanol–water partition coefficient (Wildman–Crippen LogP) is 2.93. The Morgan fingerprint density at radius 3 is 2.65 bits per heavy atom. The van der Waals surface area contributed by atoms with Gasteiger partial charge in [0.25, 0.3) is 5.91 Å². The molecule has 0 radical (unpaired) electrons. The van der Waals surface area contributed by atoms with E-state index < -0.39 is 18.5 Å². The first kappa shape index (κ1) is 19.7. The Balaban J connectivity index is 1.63. The number of carbonyl (C=O) groups is 3. The summed E-state index contributed by atoms with van der Waals surface area (Å²) < 4.78 is 10.9. The van der Waals surface area contributed by atoms with E-state index in [1.807, 2.05) is 13.0 Å². The molecule has 0 unspecified atom stereocenters. The van der Waals surface area contributed by atoms with Crippen LogP contribution in [0.25, 0.3) is 0 Å². The number of ether oxygens (including phenoxy) is 1. The van der Waals surface area contributed by atoms with E-state index in [2.05, 4.69) is 26.6 Å². The zero-order chi connectivity index (χ0) is 18.9. The van der Waals surface area contributed by atoms with Crippen molar-refractivity contribution in [3.8, 4) is 0 Å². The summed E-state index contributed by atoms with van der Waals surface area (Å²) in [4.78, 5) is 35.1. The van der Waals surface area contributed by atoms with Crippen LogP contribution in [0.2, 0.25) is 0 Å². The molecule has 26 heavy (non-hydrogen) atoms. The number of amides is 2. The molecule has 2 aromatic rings. The molecule has 2 N–H and O–H groups in total. The normalized spacial score (nSPS) is 10.2. The van der Waals surface area contributed by atoms with Crippen LogP contribution in [0.1, 0.15) is 24.2 Å². The number of rotatable bonds is 8. The highest BCUT2D eigenvalue weighted by Gasteiger charge is 2.11. The topological polar surface area (TPSA) is 97.6 Å². The second-order valence-electron chi connectivity index (χ2n) is 5.53. The lowest BCUT2D eigenvalue weighted by molar-refractivity contribution is -0.148. The van der Waals surface area contributed by atoms with Gasteiger partial charge in [0.1, 0.15) is 5.76 Å². The zero-order valence-corrected chi connectivity index (χ0v) is 15.8. The highest BCUT2D eigenvalue weighted by Crippen LogP contribution is 2.19. The van der Waals surface area contributed by atoms with Crippen LogP contribution in [-0.4, -0.2) is 24.4 Å². The van der Waals surface area contributed by atoms with Crippen molar-refractivity contribution in [2.75, 3.05) is 11.9 Å². The van der Waals surface area contributed by atoms with Crippen molar-refractivity contribution in [2.45, 2.75) is 26.3 Å². The second-order valence-corrected chi connectivity index (χ2v) is 6.38. The third kappa shape index (κ3) is 6.72. The Labute approximate surface area is 159 Å². The fraction of sp³-hybridized carbons (Fsp3) is 0.278. The fourth-order valence-corrected chi connectivity index (χ4v) is 2.29. The standard InChI is InChI=1S/C18H19BrN2O5/c1-12-9-13(4-5-15(12)19)21-17(23)11-26-18(24)7-6-16(22)20-10-14-3-2-8-25-14/h2-5,8-9H,6-7,10-11H2,1H3,(H,20,22)(H,21,23). The van der Waals surface area contributed by atoms with Gasteiger partial charge in [-0.3, -0.25) is 14.4 Å². The van der Waals surface area contributed by atoms with E-state index in [0.717, 1.165) is 10.0 Å². The van der Waals surface area contributed by atoms with Gasteiger partial charge in [0.05, 0.1) is 19.2 Å². The van der Waals surface area contributed by atoms with Gasteiger partial charge in [-0.1, -0.05) is 15.9 Å². The van der Waals surface area contributed by atoms with Crippen LogP contribution < -0.4 is 10.6 Å². The number of nitrogens with one attached hydrogen (secondary N) is 2. The number of aryl methyl sites for hydroxylation is 1. The summed E-state index contributed by atoms with van der Waals surface area (Å²) in [5.74, 6) is -0.725. The maximum atomic E-state index is 11.8. The summed E-state index contributed by atoms with van der Waals surface area (Å²) in [7, 11) is 0. The number of benzene rings is 1. The van der Waals surface area contributed by atoms with Crippen molar-refractivity contribution in [1.29, 1.82) is 0 Å². The van der Waals surface area contributed by atoms with Crippen LogP contribution in [0, 0.1) is 6.92 Å². The number of carbonyl (C=O) groups excluding carboxylic acids is 3. The molecule has 7 nitrogen and oxygen atoms in total. The van der Waals surface area contributed by atoms with Gasteiger partial charge in [-0.25, -0.2) is 0 Å². The van der Waals surface area contributed by atoms with Crippen LogP contribution in [0.15, 0.2) is 45.5 Å². The Kier molecular flexibility index (Phi) is 7.40. The monoisotopic (exact) mass is 422 g/mol. The molecule has 0 saturated carbocycles. The van der Waals surface area contributed by atoms with Crippen molar-refractivity contribution < 1.29 is 23.5 Å². The van der Waals surface area contributed by atoms with Gasteiger partial charge in [-0.2, -0.15) is 0 Å². The van der Waals surface area contributed by atoms with Crippen molar-refractivity contribution in [2.24, 2.45) is 0 Å². The molecular weight excluding hydrogens is 404 g/mol. The summed E-state index contributed by atoms with van der Waals surface area (Å²) in [6.07, 6.45) is 1.39. The number of halogens is 1. The van der Waals surface area contributed by atoms with Crippen LogP contribution >= 0.6 is 15.9 Å². The first-order chi connectivity index (χ1) is 12.4. The fourth-order valence-electron chi connectivity index (χ4n) is 2.04. The number of hydrogen-bond acceptors (Lipinski definition) is 5. The summed E-state index contributed by atoms with van der Waals surface area (Å²) in [5, 5.41) is 5.26. The van der Waals surface area contributed by atoms with Gasteiger partial charge in [0.15, 0.2) is 6.61 Å². The lowest BCUT2D eigenvalue weighted by Crippen LogP contribution is -2.24. The third-order valence-corrected chi connectivity index (χ3v) is 4.29. The number of hydrogen-bond donors (Lipinski definition) is 2. The minimum Gasteiger partial charge on any atom is -0.467 e. The van der Waals surface area contributed by atoms with Crippen molar-refractivity contribution in [1.82, 2.24) is 5.32 Å². The van der Waals surface area contributed by atoms with Gasteiger partial charge in [0, 0.05) is 16.6 Å². The Hall–Kier alpha value is -2.61. The van der Waals surface area contributed by atoms with E-state index in [1.165, 1.54) is 6.26 Å². The SMILES string of the molecule is Cc1cc(NC(=O)COC(=O)CCC(=O)NCc2ccco2)ccc1Br. The molecule has 138 valence electrons. The summed E-state index contributed by atoms with van der Waals surface area (Å²) in [6.45, 7) is 1.76. The van der Waals surface area contributed by atoms with E-state index in [1.54, 1.807) is 24.3 Å². The van der Waals surface area contributed by atoms with E-state index in [-0.39, 0.29) is 25.3 Å². The quantitative estimate of drug-likeness (QED) is 0.637. The van der Waals surface area contributed by atoms with E-state index in [0.29, 0.717) is 11.4 Å². The van der Waals surface area contributed by atoms with E-state index in [4.69, 9.17) is 9.15 Å². The van der Waals surface area contributed by atoms with Gasteiger partial charge in [-0.05, 0) is 42.8 Å². The molecular formula is C18H19BrN2O5. The Morgan fingerprint density at radius 2 is 1.96 bits per heavy atom. The minimum absolute atomic E-state index is 0.0208. The molecule has 0 saturated heterocycles. The van der Waals surface area contributed by atoms with Gasteiger partial charge < -0.3 is 19.8 Å². The Bertz CT molecular complexity index is 774. The van der Waals surface area contributed by atoms with Crippen molar-refractivity contribution >= 4 is 39.4 Å². The largest absolute Gasteiger partial charge is 0.467 e. The molecule has 1 aromatic carbocycles. The maximum absolute atomic E-state index is 11.8. The highest BCUT2D eigenvalue weighted by molar-refractivity contribution is 9.10. The third-order valence-electron chi connectivity index (χ3n) is 3.40. The molecule has 1 heterocycles. The number of anilines is 1. The van der Waals surface area contributed by atoms with Crippen molar-refractivity contribution in [3.05, 3.63) is 52.4 Å². The first-order valence-corrected chi connectivity index (χ1v) is 8.74. The molecule has 0 atom stereocenters. The molecule has 1 aromatic heterocycles. The van der Waals surface area contributed by atoms with Gasteiger partial charge in [0.2, 0.25) is 5.91 Å². The lowest BCUT2D eigenvalue weighted by atomic mass is 10.2. The van der Waals surface area contributed by atoms with E-state index in [9.17, 15) is 14.4 Å². The molecule has 0 bridgehead atoms. The second kappa shape index (κ2) is 9.76. The highest BCUT2D eigenvalue weighted by atomic mass is 79.9. The molecule has 2 rings (SSSR count). The lowest BCUT2D eigenvalue weighted by Gasteiger charge is -2.08. The van der Waals surface area contributed by atoms with E-state index >= 15 is 0 Å². The van der Waals surface area contributed by atoms with Crippen molar-refractivity contribution in [3.63, 3.8) is 0 Å². The predicted molar refractivity (Wildman–Crippen MR) is 98.3 cm³/mol. The average Bonchev–Trinajstić information content (AvgIpc) is 3.13. The van der Waals surface area contributed by atoms with Crippen LogP contribution in [-0.2, 0) is 25.7 Å². The molecule has 0 fully saturated rings. The minimum atomic E-state index is -0.611. The number of furan rings is 1. The number of esters is 1. The molecule has 0 aliphatic heterocycles. The summed E-state index contributed by atoms with van der Waals surface area (Å²) in [6, 6.07) is 8.81. The van der Waals surface area contributed by atoms with Crippen LogP contribution in [0.3, 0.4) is 0 Å². The van der Waals surface area contributed by atoms with Crippen LogP contribution in [0.4, 0.5) is 5.69 Å². The molecule has 0 spiro atoms.